The summed E-state index contributed by atoms with van der Waals surface area (Å²) in [7, 11) is 0. The van der Waals surface area contributed by atoms with Crippen LogP contribution in [0.15, 0.2) is 54.5 Å². The van der Waals surface area contributed by atoms with Gasteiger partial charge in [0.05, 0.1) is 6.54 Å². The third kappa shape index (κ3) is 4.12. The number of fused-ring (bicyclic) bond motifs is 1. The number of hydrogen-bond acceptors (Lipinski definition) is 6. The topological polar surface area (TPSA) is 91.8 Å². The number of hydrogen-bond donors (Lipinski definition) is 1. The molecule has 1 aromatic heterocycles. The highest BCUT2D eigenvalue weighted by Gasteiger charge is 2.40. The quantitative estimate of drug-likeness (QED) is 0.673. The van der Waals surface area contributed by atoms with Crippen molar-refractivity contribution < 1.29 is 19.1 Å². The summed E-state index contributed by atoms with van der Waals surface area (Å²) in [4.78, 5) is 44.7. The van der Waals surface area contributed by atoms with Gasteiger partial charge in [-0.15, -0.1) is 0 Å². The Morgan fingerprint density at radius 1 is 1.00 bits per heavy atom. The second-order valence-corrected chi connectivity index (χ2v) is 9.82. The Kier molecular flexibility index (Phi) is 5.60. The number of rotatable bonds is 5. The summed E-state index contributed by atoms with van der Waals surface area (Å²) in [6.07, 6.45) is 9.99. The SMILES string of the molecule is O=C1CC=C(N2Cc3cc(O[C@H]4CCCC[C@@H]4N4CC(c5ccncc5)C4)ccc3C2=O)C(=O)N1. The Hall–Kier alpha value is -3.52. The van der Waals surface area contributed by atoms with E-state index in [4.69, 9.17) is 4.74 Å². The minimum Gasteiger partial charge on any atom is -0.489 e. The van der Waals surface area contributed by atoms with Gasteiger partial charge in [0.1, 0.15) is 17.6 Å². The molecule has 2 fully saturated rings. The number of nitrogens with zero attached hydrogens (tertiary/aromatic N) is 3. The molecule has 6 rings (SSSR count). The predicted molar refractivity (Wildman–Crippen MR) is 127 cm³/mol. The van der Waals surface area contributed by atoms with Crippen LogP contribution in [0, 0.1) is 0 Å². The molecule has 0 bridgehead atoms. The van der Waals surface area contributed by atoms with Gasteiger partial charge in [0, 0.05) is 49.4 Å². The summed E-state index contributed by atoms with van der Waals surface area (Å²) in [6, 6.07) is 10.2. The van der Waals surface area contributed by atoms with Gasteiger partial charge in [-0.25, -0.2) is 0 Å². The van der Waals surface area contributed by atoms with E-state index in [1.165, 1.54) is 23.0 Å². The number of benzene rings is 1. The number of amides is 3. The number of aromatic nitrogens is 1. The number of carbonyl (C=O) groups excluding carboxylic acids is 3. The summed E-state index contributed by atoms with van der Waals surface area (Å²) < 4.78 is 6.52. The molecule has 1 aromatic carbocycles. The predicted octanol–water partition coefficient (Wildman–Crippen LogP) is 2.76. The molecular formula is C27H28N4O4. The highest BCUT2D eigenvalue weighted by molar-refractivity contribution is 6.11. The number of imide groups is 1. The molecule has 0 radical (unpaired) electrons. The maximum Gasteiger partial charge on any atom is 0.274 e. The number of likely N-dealkylation sites (tertiary alicyclic amines) is 1. The molecule has 35 heavy (non-hydrogen) atoms. The molecule has 0 spiro atoms. The lowest BCUT2D eigenvalue weighted by molar-refractivity contribution is -0.129. The van der Waals surface area contributed by atoms with Crippen LogP contribution in [0.25, 0.3) is 0 Å². The normalized spacial score (nSPS) is 25.1. The van der Waals surface area contributed by atoms with Gasteiger partial charge in [-0.2, -0.15) is 0 Å². The second kappa shape index (κ2) is 8.92. The molecule has 8 nitrogen and oxygen atoms in total. The molecule has 3 aliphatic heterocycles. The Balaban J connectivity index is 1.14. The fourth-order valence-electron chi connectivity index (χ4n) is 5.76. The van der Waals surface area contributed by atoms with E-state index < -0.39 is 5.91 Å². The molecule has 4 heterocycles. The van der Waals surface area contributed by atoms with Crippen molar-refractivity contribution in [1.29, 1.82) is 0 Å². The lowest BCUT2D eigenvalue weighted by atomic mass is 9.84. The Morgan fingerprint density at radius 3 is 2.60 bits per heavy atom. The first-order valence-corrected chi connectivity index (χ1v) is 12.4. The Morgan fingerprint density at radius 2 is 1.80 bits per heavy atom. The molecule has 1 saturated heterocycles. The van der Waals surface area contributed by atoms with Gasteiger partial charge in [0.2, 0.25) is 5.91 Å². The van der Waals surface area contributed by atoms with Crippen molar-refractivity contribution >= 4 is 17.7 Å². The Labute approximate surface area is 204 Å². The summed E-state index contributed by atoms with van der Waals surface area (Å²) >= 11 is 0. The van der Waals surface area contributed by atoms with Crippen molar-refractivity contribution in [3.63, 3.8) is 0 Å². The molecule has 180 valence electrons. The largest absolute Gasteiger partial charge is 0.489 e. The maximum atomic E-state index is 12.9. The fourth-order valence-corrected chi connectivity index (χ4v) is 5.76. The van der Waals surface area contributed by atoms with Crippen molar-refractivity contribution in [3.05, 3.63) is 71.2 Å². The molecule has 1 N–H and O–H groups in total. The van der Waals surface area contributed by atoms with Crippen molar-refractivity contribution in [2.45, 2.75) is 56.7 Å². The van der Waals surface area contributed by atoms with Gasteiger partial charge in [-0.05, 0) is 66.8 Å². The van der Waals surface area contributed by atoms with Crippen molar-refractivity contribution in [2.24, 2.45) is 0 Å². The number of carbonyl (C=O) groups is 3. The van der Waals surface area contributed by atoms with Crippen LogP contribution >= 0.6 is 0 Å². The third-order valence-corrected chi connectivity index (χ3v) is 7.65. The smallest absolute Gasteiger partial charge is 0.274 e. The zero-order valence-corrected chi connectivity index (χ0v) is 19.5. The van der Waals surface area contributed by atoms with E-state index in [1.54, 1.807) is 6.07 Å². The van der Waals surface area contributed by atoms with Crippen molar-refractivity contribution in [1.82, 2.24) is 20.1 Å². The summed E-state index contributed by atoms with van der Waals surface area (Å²) in [5.41, 5.74) is 3.00. The molecule has 1 saturated carbocycles. The van der Waals surface area contributed by atoms with Gasteiger partial charge >= 0.3 is 0 Å². The van der Waals surface area contributed by atoms with E-state index in [2.05, 4.69) is 27.3 Å². The number of nitrogens with one attached hydrogen (secondary N) is 1. The number of pyridine rings is 1. The van der Waals surface area contributed by atoms with E-state index in [-0.39, 0.29) is 30.0 Å². The fraction of sp³-hybridized carbons (Fsp3) is 0.407. The highest BCUT2D eigenvalue weighted by Crippen LogP contribution is 2.36. The number of ether oxygens (including phenoxy) is 1. The van der Waals surface area contributed by atoms with E-state index in [0.29, 0.717) is 24.1 Å². The minimum atomic E-state index is -0.524. The summed E-state index contributed by atoms with van der Waals surface area (Å²) in [5.74, 6) is 0.219. The monoisotopic (exact) mass is 472 g/mol. The van der Waals surface area contributed by atoms with Crippen molar-refractivity contribution in [2.75, 3.05) is 13.1 Å². The van der Waals surface area contributed by atoms with Crippen LogP contribution in [0.3, 0.4) is 0 Å². The maximum absolute atomic E-state index is 12.9. The third-order valence-electron chi connectivity index (χ3n) is 7.65. The van der Waals surface area contributed by atoms with Gasteiger partial charge in [-0.3, -0.25) is 34.5 Å². The molecule has 3 amide bonds. The van der Waals surface area contributed by atoms with Crippen LogP contribution in [0.4, 0.5) is 0 Å². The molecule has 8 heteroatoms. The minimum absolute atomic E-state index is 0.0944. The van der Waals surface area contributed by atoms with Crippen LogP contribution in [0.2, 0.25) is 0 Å². The van der Waals surface area contributed by atoms with Crippen LogP contribution in [-0.2, 0) is 16.1 Å². The average molecular weight is 473 g/mol. The Bertz CT molecular complexity index is 1200. The van der Waals surface area contributed by atoms with Gasteiger partial charge in [0.15, 0.2) is 0 Å². The summed E-state index contributed by atoms with van der Waals surface area (Å²) in [6.45, 7) is 2.39. The van der Waals surface area contributed by atoms with Crippen LogP contribution < -0.4 is 10.1 Å². The molecule has 2 atom stereocenters. The molecule has 4 aliphatic rings. The molecule has 2 aromatic rings. The van der Waals surface area contributed by atoms with Crippen molar-refractivity contribution in [3.8, 4) is 5.75 Å². The first-order valence-electron chi connectivity index (χ1n) is 12.4. The second-order valence-electron chi connectivity index (χ2n) is 9.82. The van der Waals surface area contributed by atoms with E-state index >= 15 is 0 Å². The van der Waals surface area contributed by atoms with E-state index in [0.717, 1.165) is 43.7 Å². The molecular weight excluding hydrogens is 444 g/mol. The zero-order valence-electron chi connectivity index (χ0n) is 19.5. The lowest BCUT2D eigenvalue weighted by Crippen LogP contribution is -2.57. The molecule has 1 aliphatic carbocycles. The molecule has 0 unspecified atom stereocenters. The van der Waals surface area contributed by atoms with Crippen LogP contribution in [0.5, 0.6) is 5.75 Å². The van der Waals surface area contributed by atoms with Gasteiger partial charge in [0.25, 0.3) is 11.8 Å². The highest BCUT2D eigenvalue weighted by atomic mass is 16.5. The van der Waals surface area contributed by atoms with E-state index in [1.807, 2.05) is 24.5 Å². The first kappa shape index (κ1) is 22.0. The average Bonchev–Trinajstić information content (AvgIpc) is 3.15. The van der Waals surface area contributed by atoms with Crippen LogP contribution in [0.1, 0.15) is 59.5 Å². The lowest BCUT2D eigenvalue weighted by Gasteiger charge is -2.48. The zero-order chi connectivity index (χ0) is 23.9. The van der Waals surface area contributed by atoms with Gasteiger partial charge in [-0.1, -0.05) is 6.42 Å². The van der Waals surface area contributed by atoms with Crippen LogP contribution in [-0.4, -0.2) is 57.7 Å². The van der Waals surface area contributed by atoms with Gasteiger partial charge < -0.3 is 4.74 Å². The summed E-state index contributed by atoms with van der Waals surface area (Å²) in [5, 5.41) is 2.29. The first-order chi connectivity index (χ1) is 17.1. The standard InChI is InChI=1S/C27H28N4O4/c32-25-8-7-23(26(33)29-25)31-16-18-13-20(5-6-21(18)27(31)34)35-24-4-2-1-3-22(24)30-14-19(15-30)17-9-11-28-12-10-17/h5-7,9-13,19,22,24H,1-4,8,14-16H2,(H,29,32,33)/t22-,24-/m0/s1. The van der Waals surface area contributed by atoms with E-state index in [9.17, 15) is 14.4 Å².